The number of rotatable bonds is 3. The van der Waals surface area contributed by atoms with E-state index in [2.05, 4.69) is 9.97 Å². The highest BCUT2D eigenvalue weighted by atomic mass is 32.2. The molecule has 1 N–H and O–H groups in total. The third-order valence-corrected chi connectivity index (χ3v) is 3.17. The molecule has 4 nitrogen and oxygen atoms in total. The van der Waals surface area contributed by atoms with Crippen molar-refractivity contribution in [3.63, 3.8) is 0 Å². The summed E-state index contributed by atoms with van der Waals surface area (Å²) in [6, 6.07) is 2.89. The van der Waals surface area contributed by atoms with Gasteiger partial charge in [-0.1, -0.05) is 0 Å². The van der Waals surface area contributed by atoms with Crippen LogP contribution in [0.15, 0.2) is 34.7 Å². The van der Waals surface area contributed by atoms with E-state index < -0.39 is 0 Å². The number of halogens is 1. The molecule has 16 heavy (non-hydrogen) atoms. The zero-order valence-electron chi connectivity index (χ0n) is 8.59. The molecule has 0 bridgehead atoms. The Balaban J connectivity index is 2.27. The molecule has 0 atom stereocenters. The van der Waals surface area contributed by atoms with Crippen LogP contribution in [0.3, 0.4) is 0 Å². The minimum absolute atomic E-state index is 0.0885. The highest BCUT2D eigenvalue weighted by Crippen LogP contribution is 2.26. The van der Waals surface area contributed by atoms with Crippen molar-refractivity contribution in [3.8, 4) is 0 Å². The minimum Gasteiger partial charge on any atom is -0.390 e. The van der Waals surface area contributed by atoms with Crippen molar-refractivity contribution in [1.82, 2.24) is 14.5 Å². The Morgan fingerprint density at radius 2 is 2.31 bits per heavy atom. The average Bonchev–Trinajstić information content (AvgIpc) is 2.63. The fourth-order valence-corrected chi connectivity index (χ4v) is 2.01. The van der Waals surface area contributed by atoms with Gasteiger partial charge in [0.2, 0.25) is 0 Å². The Morgan fingerprint density at radius 3 is 2.94 bits per heavy atom. The van der Waals surface area contributed by atoms with Crippen LogP contribution >= 0.6 is 11.8 Å². The Morgan fingerprint density at radius 1 is 1.50 bits per heavy atom. The van der Waals surface area contributed by atoms with Crippen LogP contribution in [-0.4, -0.2) is 19.6 Å². The number of pyridine rings is 1. The molecule has 2 aromatic rings. The molecule has 0 saturated carbocycles. The minimum atomic E-state index is -0.374. The molecule has 2 aromatic heterocycles. The van der Waals surface area contributed by atoms with Gasteiger partial charge in [0, 0.05) is 13.2 Å². The summed E-state index contributed by atoms with van der Waals surface area (Å²) in [5, 5.41) is 9.87. The first-order valence-corrected chi connectivity index (χ1v) is 5.44. The molecule has 0 aliphatic rings. The molecule has 0 saturated heterocycles. The van der Waals surface area contributed by atoms with Gasteiger partial charge in [-0.15, -0.1) is 0 Å². The van der Waals surface area contributed by atoms with Crippen LogP contribution in [0.1, 0.15) is 5.69 Å². The van der Waals surface area contributed by atoms with Crippen LogP contribution in [-0.2, 0) is 13.7 Å². The third kappa shape index (κ3) is 2.07. The maximum absolute atomic E-state index is 13.3. The number of hydrogen-bond donors (Lipinski definition) is 1. The number of aromatic nitrogens is 3. The zero-order valence-corrected chi connectivity index (χ0v) is 9.41. The van der Waals surface area contributed by atoms with Crippen LogP contribution < -0.4 is 0 Å². The van der Waals surface area contributed by atoms with E-state index in [9.17, 15) is 4.39 Å². The quantitative estimate of drug-likeness (QED) is 0.883. The van der Waals surface area contributed by atoms with Crippen molar-refractivity contribution in [2.24, 2.45) is 7.05 Å². The first-order chi connectivity index (χ1) is 7.72. The predicted octanol–water partition coefficient (Wildman–Crippen LogP) is 1.60. The molecule has 0 aliphatic heterocycles. The lowest BCUT2D eigenvalue weighted by Gasteiger charge is -2.03. The fraction of sp³-hybridized carbons (Fsp3) is 0.200. The smallest absolute Gasteiger partial charge is 0.174 e. The predicted molar refractivity (Wildman–Crippen MR) is 57.4 cm³/mol. The number of aliphatic hydroxyl groups excluding tert-OH is 1. The Hall–Kier alpha value is -1.40. The lowest BCUT2D eigenvalue weighted by molar-refractivity contribution is 0.271. The van der Waals surface area contributed by atoms with Gasteiger partial charge in [0.25, 0.3) is 0 Å². The summed E-state index contributed by atoms with van der Waals surface area (Å²) in [5.41, 5.74) is 0.679. The molecular weight excluding hydrogens is 229 g/mol. The molecule has 84 valence electrons. The standard InChI is InChI=1S/C10H10FN3OS/c1-14-7(6-15)5-13-10(14)16-9-8(11)3-2-4-12-9/h2-5,15H,6H2,1H3. The molecule has 0 spiro atoms. The van der Waals surface area contributed by atoms with Crippen molar-refractivity contribution in [3.05, 3.63) is 36.0 Å². The van der Waals surface area contributed by atoms with Crippen LogP contribution in [0.25, 0.3) is 0 Å². The lowest BCUT2D eigenvalue weighted by atomic mass is 10.5. The van der Waals surface area contributed by atoms with Gasteiger partial charge in [-0.25, -0.2) is 14.4 Å². The average molecular weight is 239 g/mol. The van der Waals surface area contributed by atoms with Crippen molar-refractivity contribution in [2.45, 2.75) is 16.8 Å². The first-order valence-electron chi connectivity index (χ1n) is 4.62. The molecule has 0 radical (unpaired) electrons. The van der Waals surface area contributed by atoms with Crippen molar-refractivity contribution >= 4 is 11.8 Å². The summed E-state index contributed by atoms with van der Waals surface area (Å²) < 4.78 is 15.0. The van der Waals surface area contributed by atoms with Crippen LogP contribution in [0.4, 0.5) is 4.39 Å². The summed E-state index contributed by atoms with van der Waals surface area (Å²) in [5.74, 6) is -0.374. The van der Waals surface area contributed by atoms with E-state index in [0.717, 1.165) is 11.8 Å². The largest absolute Gasteiger partial charge is 0.390 e. The van der Waals surface area contributed by atoms with Crippen LogP contribution in [0, 0.1) is 5.82 Å². The third-order valence-electron chi connectivity index (χ3n) is 2.12. The van der Waals surface area contributed by atoms with E-state index in [1.165, 1.54) is 18.3 Å². The van der Waals surface area contributed by atoms with Crippen molar-refractivity contribution < 1.29 is 9.50 Å². The van der Waals surface area contributed by atoms with Gasteiger partial charge in [-0.05, 0) is 23.9 Å². The highest BCUT2D eigenvalue weighted by Gasteiger charge is 2.10. The van der Waals surface area contributed by atoms with Gasteiger partial charge in [0.1, 0.15) is 5.03 Å². The summed E-state index contributed by atoms with van der Waals surface area (Å²) in [6.07, 6.45) is 3.09. The fourth-order valence-electron chi connectivity index (χ4n) is 1.20. The van der Waals surface area contributed by atoms with Crippen LogP contribution in [0.5, 0.6) is 0 Å². The van der Waals surface area contributed by atoms with Gasteiger partial charge < -0.3 is 9.67 Å². The summed E-state index contributed by atoms with van der Waals surface area (Å²) in [6.45, 7) is -0.0885. The van der Waals surface area contributed by atoms with Gasteiger partial charge in [0.05, 0.1) is 18.5 Å². The lowest BCUT2D eigenvalue weighted by Crippen LogP contribution is -1.97. The maximum atomic E-state index is 13.3. The van der Waals surface area contributed by atoms with E-state index in [4.69, 9.17) is 5.11 Å². The first kappa shape index (κ1) is 11.1. The normalized spacial score (nSPS) is 10.7. The van der Waals surface area contributed by atoms with Gasteiger partial charge in [0.15, 0.2) is 11.0 Å². The maximum Gasteiger partial charge on any atom is 0.174 e. The van der Waals surface area contributed by atoms with Crippen LogP contribution in [0.2, 0.25) is 0 Å². The summed E-state index contributed by atoms with van der Waals surface area (Å²) in [4.78, 5) is 8.00. The van der Waals surface area contributed by atoms with E-state index >= 15 is 0 Å². The molecule has 0 aromatic carbocycles. The molecular formula is C10H10FN3OS. The number of imidazole rings is 1. The van der Waals surface area contributed by atoms with E-state index in [0.29, 0.717) is 10.9 Å². The van der Waals surface area contributed by atoms with Crippen molar-refractivity contribution in [1.29, 1.82) is 0 Å². The zero-order chi connectivity index (χ0) is 11.5. The Bertz CT molecular complexity index is 501. The molecule has 0 unspecified atom stereocenters. The molecule has 6 heteroatoms. The number of hydrogen-bond acceptors (Lipinski definition) is 4. The topological polar surface area (TPSA) is 50.9 Å². The van der Waals surface area contributed by atoms with E-state index in [1.807, 2.05) is 0 Å². The van der Waals surface area contributed by atoms with Crippen molar-refractivity contribution in [2.75, 3.05) is 0 Å². The number of nitrogens with zero attached hydrogens (tertiary/aromatic N) is 3. The van der Waals surface area contributed by atoms with Gasteiger partial charge >= 0.3 is 0 Å². The second-order valence-corrected chi connectivity index (χ2v) is 4.10. The molecule has 2 heterocycles. The second-order valence-electron chi connectivity index (χ2n) is 3.14. The van der Waals surface area contributed by atoms with E-state index in [-0.39, 0.29) is 17.5 Å². The second kappa shape index (κ2) is 4.63. The highest BCUT2D eigenvalue weighted by molar-refractivity contribution is 7.99. The molecule has 0 amide bonds. The van der Waals surface area contributed by atoms with Gasteiger partial charge in [-0.3, -0.25) is 0 Å². The number of aliphatic hydroxyl groups is 1. The van der Waals surface area contributed by atoms with Gasteiger partial charge in [-0.2, -0.15) is 0 Å². The van der Waals surface area contributed by atoms with E-state index in [1.54, 1.807) is 17.8 Å². The Labute approximate surface area is 96.2 Å². The SMILES string of the molecule is Cn1c(CO)cnc1Sc1ncccc1F. The monoisotopic (exact) mass is 239 g/mol. The molecule has 0 aliphatic carbocycles. The Kier molecular flexibility index (Phi) is 3.21. The molecule has 2 rings (SSSR count). The summed E-state index contributed by atoms with van der Waals surface area (Å²) in [7, 11) is 1.77. The summed E-state index contributed by atoms with van der Waals surface area (Å²) >= 11 is 1.13. The molecule has 0 fully saturated rings.